The van der Waals surface area contributed by atoms with Gasteiger partial charge in [-0.3, -0.25) is 9.59 Å². The maximum absolute atomic E-state index is 10.7. The van der Waals surface area contributed by atoms with Gasteiger partial charge in [-0.25, -0.2) is 0 Å². The summed E-state index contributed by atoms with van der Waals surface area (Å²) in [6.07, 6.45) is 0. The third-order valence-corrected chi connectivity index (χ3v) is 1.70. The van der Waals surface area contributed by atoms with Crippen LogP contribution in [0.2, 0.25) is 0 Å². The lowest BCUT2D eigenvalue weighted by molar-refractivity contribution is 0.100. The Morgan fingerprint density at radius 3 is 2.46 bits per heavy atom. The van der Waals surface area contributed by atoms with E-state index in [0.717, 1.165) is 6.07 Å². The van der Waals surface area contributed by atoms with Crippen molar-refractivity contribution in [2.45, 2.75) is 0 Å². The summed E-state index contributed by atoms with van der Waals surface area (Å²) in [6.45, 7) is 0. The number of phenols is 1. The Hall–Kier alpha value is -1.55. The summed E-state index contributed by atoms with van der Waals surface area (Å²) in [5.41, 5.74) is 4.96. The Bertz CT molecular complexity index is 376. The van der Waals surface area contributed by atoms with Crippen LogP contribution in [0.25, 0.3) is 0 Å². The van der Waals surface area contributed by atoms with Crippen molar-refractivity contribution in [3.05, 3.63) is 29.3 Å². The minimum absolute atomic E-state index is 0.127. The molecule has 0 aliphatic heterocycles. The zero-order chi connectivity index (χ0) is 10.0. The minimum atomic E-state index is -0.833. The van der Waals surface area contributed by atoms with Crippen LogP contribution in [0.4, 0.5) is 0 Å². The minimum Gasteiger partial charge on any atom is -0.507 e. The van der Waals surface area contributed by atoms with Crippen molar-refractivity contribution < 1.29 is 14.7 Å². The van der Waals surface area contributed by atoms with Crippen LogP contribution >= 0.6 is 11.6 Å². The van der Waals surface area contributed by atoms with E-state index in [1.807, 2.05) is 0 Å². The number of hydrogen-bond donors (Lipinski definition) is 2. The number of benzene rings is 1. The number of rotatable bonds is 2. The zero-order valence-electron chi connectivity index (χ0n) is 6.45. The number of halogens is 1. The molecule has 4 nitrogen and oxygen atoms in total. The standard InChI is InChI=1S/C8H6ClNO3/c9-7(12)5-3-4(8(10)13)1-2-6(5)11/h1-3,11H,(H2,10,13). The number of aromatic hydroxyl groups is 1. The molecule has 5 heteroatoms. The summed E-state index contributed by atoms with van der Waals surface area (Å²) in [4.78, 5) is 21.4. The van der Waals surface area contributed by atoms with E-state index in [-0.39, 0.29) is 16.9 Å². The van der Waals surface area contributed by atoms with Gasteiger partial charge in [0, 0.05) is 5.56 Å². The van der Waals surface area contributed by atoms with Crippen LogP contribution in [-0.2, 0) is 0 Å². The van der Waals surface area contributed by atoms with Gasteiger partial charge in [0.1, 0.15) is 5.75 Å². The monoisotopic (exact) mass is 199 g/mol. The van der Waals surface area contributed by atoms with Gasteiger partial charge in [-0.05, 0) is 29.8 Å². The van der Waals surface area contributed by atoms with Crippen molar-refractivity contribution in [1.29, 1.82) is 0 Å². The summed E-state index contributed by atoms with van der Waals surface area (Å²) in [5, 5.41) is 8.30. The fraction of sp³-hybridized carbons (Fsp3) is 0. The van der Waals surface area contributed by atoms with Gasteiger partial charge in [-0.1, -0.05) is 0 Å². The summed E-state index contributed by atoms with van der Waals surface area (Å²) in [5.74, 6) is -0.954. The second kappa shape index (κ2) is 3.45. The van der Waals surface area contributed by atoms with Gasteiger partial charge < -0.3 is 10.8 Å². The highest BCUT2D eigenvalue weighted by molar-refractivity contribution is 6.68. The van der Waals surface area contributed by atoms with Crippen molar-refractivity contribution in [2.24, 2.45) is 5.73 Å². The van der Waals surface area contributed by atoms with E-state index in [9.17, 15) is 9.59 Å². The van der Waals surface area contributed by atoms with Crippen LogP contribution in [0.1, 0.15) is 20.7 Å². The number of amides is 1. The largest absolute Gasteiger partial charge is 0.507 e. The molecule has 13 heavy (non-hydrogen) atoms. The van der Waals surface area contributed by atoms with Gasteiger partial charge in [0.2, 0.25) is 5.91 Å². The predicted molar refractivity (Wildman–Crippen MR) is 46.8 cm³/mol. The molecule has 1 aromatic rings. The van der Waals surface area contributed by atoms with Gasteiger partial charge in [0.15, 0.2) is 0 Å². The molecule has 0 aromatic heterocycles. The molecule has 0 spiro atoms. The van der Waals surface area contributed by atoms with Crippen molar-refractivity contribution in [3.63, 3.8) is 0 Å². The van der Waals surface area contributed by atoms with Gasteiger partial charge in [0.25, 0.3) is 5.24 Å². The number of primary amides is 1. The lowest BCUT2D eigenvalue weighted by Crippen LogP contribution is -2.11. The molecule has 0 aliphatic carbocycles. The number of carbonyl (C=O) groups is 2. The Kier molecular flexibility index (Phi) is 2.53. The second-order valence-corrected chi connectivity index (χ2v) is 2.71. The molecule has 1 rings (SSSR count). The van der Waals surface area contributed by atoms with Gasteiger partial charge in [-0.15, -0.1) is 0 Å². The van der Waals surface area contributed by atoms with Gasteiger partial charge in [0.05, 0.1) is 5.56 Å². The van der Waals surface area contributed by atoms with E-state index in [4.69, 9.17) is 22.4 Å². The van der Waals surface area contributed by atoms with Gasteiger partial charge >= 0.3 is 0 Å². The van der Waals surface area contributed by atoms with Crippen LogP contribution in [0.15, 0.2) is 18.2 Å². The molecule has 0 heterocycles. The molecule has 1 amide bonds. The Morgan fingerprint density at radius 1 is 1.38 bits per heavy atom. The molecule has 68 valence electrons. The second-order valence-electron chi connectivity index (χ2n) is 2.37. The third kappa shape index (κ3) is 1.97. The molecular formula is C8H6ClNO3. The summed E-state index contributed by atoms with van der Waals surface area (Å²) < 4.78 is 0. The molecule has 0 radical (unpaired) electrons. The number of carbonyl (C=O) groups excluding carboxylic acids is 2. The summed E-state index contributed by atoms with van der Waals surface area (Å²) in [6, 6.07) is 3.64. The number of phenolic OH excluding ortho intramolecular Hbond substituents is 1. The summed E-state index contributed by atoms with van der Waals surface area (Å²) in [7, 11) is 0. The highest BCUT2D eigenvalue weighted by Gasteiger charge is 2.10. The van der Waals surface area contributed by atoms with Crippen molar-refractivity contribution in [2.75, 3.05) is 0 Å². The maximum Gasteiger partial charge on any atom is 0.256 e. The number of nitrogens with two attached hydrogens (primary N) is 1. The SMILES string of the molecule is NC(=O)c1ccc(O)c(C(=O)Cl)c1. The first-order chi connectivity index (χ1) is 6.02. The van der Waals surface area contributed by atoms with Crippen LogP contribution in [0.3, 0.4) is 0 Å². The lowest BCUT2D eigenvalue weighted by atomic mass is 10.1. The van der Waals surface area contributed by atoms with Gasteiger partial charge in [-0.2, -0.15) is 0 Å². The first-order valence-electron chi connectivity index (χ1n) is 3.35. The fourth-order valence-corrected chi connectivity index (χ4v) is 0.998. The molecule has 0 bridgehead atoms. The van der Waals surface area contributed by atoms with Crippen molar-refractivity contribution >= 4 is 22.8 Å². The topological polar surface area (TPSA) is 80.4 Å². The maximum atomic E-state index is 10.7. The first kappa shape index (κ1) is 9.54. The molecule has 1 aromatic carbocycles. The Labute approximate surface area is 78.9 Å². The summed E-state index contributed by atoms with van der Waals surface area (Å²) >= 11 is 5.13. The Balaban J connectivity index is 3.27. The predicted octanol–water partition coefficient (Wildman–Crippen LogP) is 0.870. The Morgan fingerprint density at radius 2 is 2.00 bits per heavy atom. The highest BCUT2D eigenvalue weighted by Crippen LogP contribution is 2.19. The molecule has 0 fully saturated rings. The van der Waals surface area contributed by atoms with Crippen LogP contribution in [0, 0.1) is 0 Å². The normalized spacial score (nSPS) is 9.62. The van der Waals surface area contributed by atoms with Crippen LogP contribution in [-0.4, -0.2) is 16.3 Å². The van der Waals surface area contributed by atoms with E-state index in [1.165, 1.54) is 12.1 Å². The van der Waals surface area contributed by atoms with Crippen LogP contribution in [0.5, 0.6) is 5.75 Å². The molecular weight excluding hydrogens is 194 g/mol. The molecule has 0 saturated heterocycles. The average molecular weight is 200 g/mol. The third-order valence-electron chi connectivity index (χ3n) is 1.49. The number of hydrogen-bond acceptors (Lipinski definition) is 3. The van der Waals surface area contributed by atoms with E-state index in [2.05, 4.69) is 0 Å². The smallest absolute Gasteiger partial charge is 0.256 e. The highest BCUT2D eigenvalue weighted by atomic mass is 35.5. The van der Waals surface area contributed by atoms with E-state index in [0.29, 0.717) is 0 Å². The molecule has 3 N–H and O–H groups in total. The molecule has 0 atom stereocenters. The van der Waals surface area contributed by atoms with Crippen molar-refractivity contribution in [1.82, 2.24) is 0 Å². The fourth-order valence-electron chi connectivity index (χ4n) is 0.847. The molecule has 0 aliphatic rings. The molecule has 0 unspecified atom stereocenters. The van der Waals surface area contributed by atoms with E-state index >= 15 is 0 Å². The van der Waals surface area contributed by atoms with Crippen LogP contribution < -0.4 is 5.73 Å². The van der Waals surface area contributed by atoms with E-state index < -0.39 is 11.1 Å². The molecule has 0 saturated carbocycles. The van der Waals surface area contributed by atoms with E-state index in [1.54, 1.807) is 0 Å². The lowest BCUT2D eigenvalue weighted by Gasteiger charge is -2.00. The average Bonchev–Trinajstić information content (AvgIpc) is 2.04. The zero-order valence-corrected chi connectivity index (χ0v) is 7.21. The quantitative estimate of drug-likeness (QED) is 0.694. The first-order valence-corrected chi connectivity index (χ1v) is 3.73. The van der Waals surface area contributed by atoms with Crippen molar-refractivity contribution in [3.8, 4) is 5.75 Å².